The smallest absolute Gasteiger partial charge is 0.255 e. The SMILES string of the molecule is CNC(=O)CN1C=C(Cc2cccc(C(=O)Nc3cccc(OC)c3)c2)C(C)(C)N1. The van der Waals surface area contributed by atoms with Gasteiger partial charge in [0.1, 0.15) is 12.3 Å². The number of rotatable bonds is 7. The molecule has 1 aliphatic rings. The van der Waals surface area contributed by atoms with Gasteiger partial charge >= 0.3 is 0 Å². The number of hydrazine groups is 1. The maximum Gasteiger partial charge on any atom is 0.255 e. The third kappa shape index (κ3) is 5.18. The number of nitrogens with zero attached hydrogens (tertiary/aromatic N) is 1. The molecule has 2 amide bonds. The highest BCUT2D eigenvalue weighted by Gasteiger charge is 2.31. The van der Waals surface area contributed by atoms with Crippen molar-refractivity contribution >= 4 is 17.5 Å². The van der Waals surface area contributed by atoms with Crippen LogP contribution in [0, 0.1) is 0 Å². The van der Waals surface area contributed by atoms with E-state index in [2.05, 4.69) is 29.9 Å². The maximum absolute atomic E-state index is 12.7. The van der Waals surface area contributed by atoms with Gasteiger partial charge in [0.05, 0.1) is 12.6 Å². The first-order chi connectivity index (χ1) is 14.3. The summed E-state index contributed by atoms with van der Waals surface area (Å²) in [6.07, 6.45) is 2.64. The van der Waals surface area contributed by atoms with Crippen LogP contribution in [0.1, 0.15) is 29.8 Å². The van der Waals surface area contributed by atoms with Gasteiger partial charge < -0.3 is 20.4 Å². The summed E-state index contributed by atoms with van der Waals surface area (Å²) in [7, 11) is 3.21. The third-order valence-electron chi connectivity index (χ3n) is 5.04. The summed E-state index contributed by atoms with van der Waals surface area (Å²) in [5.41, 5.74) is 6.47. The Bertz CT molecular complexity index is 968. The molecule has 7 nitrogen and oxygen atoms in total. The summed E-state index contributed by atoms with van der Waals surface area (Å²) in [6, 6.07) is 14.8. The number of hydrogen-bond donors (Lipinski definition) is 3. The van der Waals surface area contributed by atoms with E-state index in [-0.39, 0.29) is 23.9 Å². The van der Waals surface area contributed by atoms with Gasteiger partial charge in [-0.3, -0.25) is 9.59 Å². The van der Waals surface area contributed by atoms with Crippen molar-refractivity contribution in [3.63, 3.8) is 0 Å². The van der Waals surface area contributed by atoms with Crippen LogP contribution in [-0.4, -0.2) is 43.1 Å². The number of hydrogen-bond acceptors (Lipinski definition) is 5. The molecule has 0 aromatic heterocycles. The number of carbonyl (C=O) groups excluding carboxylic acids is 2. The molecule has 0 saturated carbocycles. The molecular formula is C23H28N4O3. The molecular weight excluding hydrogens is 380 g/mol. The van der Waals surface area contributed by atoms with Gasteiger partial charge in [0.25, 0.3) is 5.91 Å². The molecule has 1 heterocycles. The summed E-state index contributed by atoms with van der Waals surface area (Å²) >= 11 is 0. The van der Waals surface area contributed by atoms with E-state index < -0.39 is 0 Å². The third-order valence-corrected chi connectivity index (χ3v) is 5.04. The molecule has 0 bridgehead atoms. The predicted molar refractivity (Wildman–Crippen MR) is 117 cm³/mol. The molecule has 0 radical (unpaired) electrons. The zero-order valence-corrected chi connectivity index (χ0v) is 17.8. The van der Waals surface area contributed by atoms with Crippen molar-refractivity contribution in [1.29, 1.82) is 0 Å². The molecule has 0 atom stereocenters. The first-order valence-electron chi connectivity index (χ1n) is 9.81. The van der Waals surface area contributed by atoms with E-state index in [0.29, 0.717) is 23.4 Å². The van der Waals surface area contributed by atoms with E-state index in [0.717, 1.165) is 11.1 Å². The van der Waals surface area contributed by atoms with Gasteiger partial charge in [0.2, 0.25) is 5.91 Å². The van der Waals surface area contributed by atoms with Crippen LogP contribution in [0.4, 0.5) is 5.69 Å². The highest BCUT2D eigenvalue weighted by atomic mass is 16.5. The van der Waals surface area contributed by atoms with Gasteiger partial charge in [-0.1, -0.05) is 18.2 Å². The fourth-order valence-corrected chi connectivity index (χ4v) is 3.34. The number of carbonyl (C=O) groups is 2. The number of nitrogens with one attached hydrogen (secondary N) is 3. The van der Waals surface area contributed by atoms with Crippen LogP contribution in [0.25, 0.3) is 0 Å². The maximum atomic E-state index is 12.7. The molecule has 2 aromatic rings. The second-order valence-corrected chi connectivity index (χ2v) is 7.76. The van der Waals surface area contributed by atoms with E-state index in [1.807, 2.05) is 42.6 Å². The minimum Gasteiger partial charge on any atom is -0.497 e. The Morgan fingerprint density at radius 1 is 1.13 bits per heavy atom. The van der Waals surface area contributed by atoms with Crippen LogP contribution in [0.3, 0.4) is 0 Å². The fourth-order valence-electron chi connectivity index (χ4n) is 3.34. The topological polar surface area (TPSA) is 82.7 Å². The van der Waals surface area contributed by atoms with Crippen LogP contribution in [0.5, 0.6) is 5.75 Å². The Kier molecular flexibility index (Phi) is 6.42. The lowest BCUT2D eigenvalue weighted by molar-refractivity contribution is -0.121. The average molecular weight is 409 g/mol. The van der Waals surface area contributed by atoms with Crippen LogP contribution in [0.2, 0.25) is 0 Å². The quantitative estimate of drug-likeness (QED) is 0.656. The molecule has 0 aliphatic carbocycles. The van der Waals surface area contributed by atoms with Gasteiger partial charge in [-0.15, -0.1) is 0 Å². The van der Waals surface area contributed by atoms with Crippen molar-refractivity contribution < 1.29 is 14.3 Å². The Balaban J connectivity index is 1.72. The van der Waals surface area contributed by atoms with E-state index in [1.54, 1.807) is 31.3 Å². The Morgan fingerprint density at radius 3 is 2.63 bits per heavy atom. The summed E-state index contributed by atoms with van der Waals surface area (Å²) in [4.78, 5) is 24.4. The van der Waals surface area contributed by atoms with Crippen molar-refractivity contribution in [3.8, 4) is 5.75 Å². The number of anilines is 1. The molecule has 7 heteroatoms. The van der Waals surface area contributed by atoms with Crippen molar-refractivity contribution in [1.82, 2.24) is 15.8 Å². The van der Waals surface area contributed by atoms with Gasteiger partial charge in [-0.25, -0.2) is 5.43 Å². The Labute approximate surface area is 177 Å². The highest BCUT2D eigenvalue weighted by Crippen LogP contribution is 2.27. The van der Waals surface area contributed by atoms with Crippen LogP contribution < -0.4 is 20.8 Å². The predicted octanol–water partition coefficient (Wildman–Crippen LogP) is 2.72. The van der Waals surface area contributed by atoms with Gasteiger partial charge in [0.15, 0.2) is 0 Å². The Morgan fingerprint density at radius 2 is 1.90 bits per heavy atom. The summed E-state index contributed by atoms with van der Waals surface area (Å²) in [5.74, 6) is 0.446. The van der Waals surface area contributed by atoms with E-state index >= 15 is 0 Å². The molecule has 3 N–H and O–H groups in total. The first kappa shape index (κ1) is 21.4. The summed E-state index contributed by atoms with van der Waals surface area (Å²) in [5, 5.41) is 7.33. The van der Waals surface area contributed by atoms with Crippen LogP contribution in [0.15, 0.2) is 60.3 Å². The van der Waals surface area contributed by atoms with Gasteiger partial charge in [0, 0.05) is 30.6 Å². The summed E-state index contributed by atoms with van der Waals surface area (Å²) < 4.78 is 5.20. The lowest BCUT2D eigenvalue weighted by atomic mass is 9.91. The zero-order chi connectivity index (χ0) is 21.7. The van der Waals surface area contributed by atoms with Crippen LogP contribution in [-0.2, 0) is 11.2 Å². The van der Waals surface area contributed by atoms with E-state index in [1.165, 1.54) is 0 Å². The molecule has 0 fully saturated rings. The van der Waals surface area contributed by atoms with Crippen molar-refractivity contribution in [3.05, 3.63) is 71.4 Å². The molecule has 30 heavy (non-hydrogen) atoms. The minimum absolute atomic E-state index is 0.0630. The second-order valence-electron chi connectivity index (χ2n) is 7.76. The second kappa shape index (κ2) is 9.00. The van der Waals surface area contributed by atoms with Crippen molar-refractivity contribution in [2.45, 2.75) is 25.8 Å². The monoisotopic (exact) mass is 408 g/mol. The van der Waals surface area contributed by atoms with E-state index in [9.17, 15) is 9.59 Å². The summed E-state index contributed by atoms with van der Waals surface area (Å²) in [6.45, 7) is 4.39. The first-order valence-corrected chi connectivity index (χ1v) is 9.81. The van der Waals surface area contributed by atoms with E-state index in [4.69, 9.17) is 4.74 Å². The molecule has 0 spiro atoms. The van der Waals surface area contributed by atoms with Crippen molar-refractivity contribution in [2.75, 3.05) is 26.0 Å². The molecule has 0 saturated heterocycles. The van der Waals surface area contributed by atoms with Gasteiger partial charge in [-0.05, 0) is 55.7 Å². The fraction of sp³-hybridized carbons (Fsp3) is 0.304. The average Bonchev–Trinajstić information content (AvgIpc) is 3.00. The molecule has 2 aromatic carbocycles. The molecule has 0 unspecified atom stereocenters. The lowest BCUT2D eigenvalue weighted by Gasteiger charge is -2.26. The lowest BCUT2D eigenvalue weighted by Crippen LogP contribution is -2.46. The zero-order valence-electron chi connectivity index (χ0n) is 17.8. The number of benzene rings is 2. The van der Waals surface area contributed by atoms with Crippen LogP contribution >= 0.6 is 0 Å². The van der Waals surface area contributed by atoms with Crippen molar-refractivity contribution in [2.24, 2.45) is 0 Å². The largest absolute Gasteiger partial charge is 0.497 e. The number of ether oxygens (including phenoxy) is 1. The normalized spacial score (nSPS) is 14.8. The number of likely N-dealkylation sites (N-methyl/N-ethyl adjacent to an activating group) is 1. The molecule has 158 valence electrons. The Hall–Kier alpha value is -3.32. The molecule has 3 rings (SSSR count). The number of amides is 2. The minimum atomic E-state index is -0.285. The van der Waals surface area contributed by atoms with Gasteiger partial charge in [-0.2, -0.15) is 0 Å². The number of methoxy groups -OCH3 is 1. The molecule has 1 aliphatic heterocycles. The standard InChI is InChI=1S/C23H28N4O3/c1-23(2)18(14-27(26-23)15-21(28)24-3)12-16-7-5-8-17(11-16)22(29)25-19-9-6-10-20(13-19)30-4/h5-11,13-14,26H,12,15H2,1-4H3,(H,24,28)(H,25,29). The highest BCUT2D eigenvalue weighted by molar-refractivity contribution is 6.04.